The van der Waals surface area contributed by atoms with Gasteiger partial charge in [-0.15, -0.1) is 0 Å². The van der Waals surface area contributed by atoms with Crippen LogP contribution in [-0.2, 0) is 0 Å². The quantitative estimate of drug-likeness (QED) is 0.781. The summed E-state index contributed by atoms with van der Waals surface area (Å²) in [6.07, 6.45) is 0.00373. The van der Waals surface area contributed by atoms with Gasteiger partial charge in [0.25, 0.3) is 0 Å². The number of hydrogen-bond acceptors (Lipinski definition) is 2. The molecule has 22 heavy (non-hydrogen) atoms. The molecule has 0 unspecified atom stereocenters. The molecular weight excluding hydrogens is 323 g/mol. The highest BCUT2D eigenvalue weighted by Crippen LogP contribution is 2.30. The summed E-state index contributed by atoms with van der Waals surface area (Å²) in [7, 11) is 0. The van der Waals surface area contributed by atoms with Crippen molar-refractivity contribution < 1.29 is 9.53 Å². The van der Waals surface area contributed by atoms with E-state index in [4.69, 9.17) is 27.9 Å². The van der Waals surface area contributed by atoms with Crippen molar-refractivity contribution in [2.24, 2.45) is 0 Å². The lowest BCUT2D eigenvalue weighted by atomic mass is 10.3. The molecule has 116 valence electrons. The van der Waals surface area contributed by atoms with Gasteiger partial charge in [0.1, 0.15) is 5.75 Å². The Bertz CT molecular complexity index is 655. The molecule has 0 aliphatic heterocycles. The second-order valence-corrected chi connectivity index (χ2v) is 5.65. The number of rotatable bonds is 4. The molecule has 0 saturated carbocycles. The van der Waals surface area contributed by atoms with Crippen LogP contribution in [0, 0.1) is 0 Å². The van der Waals surface area contributed by atoms with Gasteiger partial charge < -0.3 is 15.4 Å². The van der Waals surface area contributed by atoms with Crippen LogP contribution in [0.25, 0.3) is 0 Å². The normalized spacial score (nSPS) is 10.4. The summed E-state index contributed by atoms with van der Waals surface area (Å²) in [5.41, 5.74) is 0.933. The van der Waals surface area contributed by atoms with Crippen LogP contribution < -0.4 is 15.4 Å². The second-order valence-electron chi connectivity index (χ2n) is 4.84. The van der Waals surface area contributed by atoms with Crippen molar-refractivity contribution in [2.45, 2.75) is 20.0 Å². The Hall–Kier alpha value is -1.91. The van der Waals surface area contributed by atoms with Gasteiger partial charge in [0.15, 0.2) is 0 Å². The summed E-state index contributed by atoms with van der Waals surface area (Å²) in [5, 5.41) is 6.10. The Morgan fingerprint density at radius 3 is 2.27 bits per heavy atom. The zero-order valence-electron chi connectivity index (χ0n) is 12.2. The first-order chi connectivity index (χ1) is 10.5. The van der Waals surface area contributed by atoms with E-state index in [0.29, 0.717) is 27.2 Å². The van der Waals surface area contributed by atoms with Crippen molar-refractivity contribution in [1.29, 1.82) is 0 Å². The fourth-order valence-corrected chi connectivity index (χ4v) is 2.30. The van der Waals surface area contributed by atoms with E-state index in [1.807, 2.05) is 26.0 Å². The second kappa shape index (κ2) is 7.38. The fourth-order valence-electron chi connectivity index (χ4n) is 1.81. The van der Waals surface area contributed by atoms with E-state index in [0.717, 1.165) is 0 Å². The first-order valence-corrected chi connectivity index (χ1v) is 7.50. The molecule has 0 atom stereocenters. The lowest BCUT2D eigenvalue weighted by molar-refractivity contribution is 0.243. The van der Waals surface area contributed by atoms with Crippen molar-refractivity contribution in [3.8, 4) is 5.75 Å². The number of carbonyl (C=O) groups is 1. The van der Waals surface area contributed by atoms with Crippen LogP contribution in [0.15, 0.2) is 42.5 Å². The highest BCUT2D eigenvalue weighted by Gasteiger charge is 2.12. The van der Waals surface area contributed by atoms with Crippen molar-refractivity contribution in [2.75, 3.05) is 10.6 Å². The van der Waals surface area contributed by atoms with Crippen LogP contribution in [0.3, 0.4) is 0 Å². The molecule has 0 saturated heterocycles. The number of halogens is 2. The molecule has 2 aromatic carbocycles. The van der Waals surface area contributed by atoms with Crippen molar-refractivity contribution in [1.82, 2.24) is 0 Å². The van der Waals surface area contributed by atoms with E-state index in [-0.39, 0.29) is 6.10 Å². The number of anilines is 2. The number of carbonyl (C=O) groups excluding carboxylic acids is 1. The molecule has 0 aromatic heterocycles. The minimum atomic E-state index is -0.449. The third-order valence-electron chi connectivity index (χ3n) is 2.70. The maximum absolute atomic E-state index is 12.1. The van der Waals surface area contributed by atoms with Gasteiger partial charge in [-0.05, 0) is 38.1 Å². The zero-order chi connectivity index (χ0) is 16.1. The third-order valence-corrected chi connectivity index (χ3v) is 3.33. The largest absolute Gasteiger partial charge is 0.489 e. The number of amides is 2. The zero-order valence-corrected chi connectivity index (χ0v) is 13.7. The van der Waals surface area contributed by atoms with Crippen LogP contribution in [0.5, 0.6) is 5.75 Å². The van der Waals surface area contributed by atoms with E-state index in [1.54, 1.807) is 30.3 Å². The predicted molar refractivity (Wildman–Crippen MR) is 91.3 cm³/mol. The van der Waals surface area contributed by atoms with Gasteiger partial charge in [-0.25, -0.2) is 4.79 Å². The van der Waals surface area contributed by atoms with E-state index in [1.165, 1.54) is 0 Å². The van der Waals surface area contributed by atoms with E-state index in [9.17, 15) is 4.79 Å². The van der Waals surface area contributed by atoms with E-state index in [2.05, 4.69) is 10.6 Å². The summed E-state index contributed by atoms with van der Waals surface area (Å²) in [6.45, 7) is 3.83. The number of urea groups is 1. The van der Waals surface area contributed by atoms with Gasteiger partial charge in [0, 0.05) is 0 Å². The lowest BCUT2D eigenvalue weighted by Gasteiger charge is -2.15. The Kier molecular flexibility index (Phi) is 5.52. The van der Waals surface area contributed by atoms with Gasteiger partial charge >= 0.3 is 6.03 Å². The predicted octanol–water partition coefficient (Wildman–Crippen LogP) is 5.42. The number of ether oxygens (including phenoxy) is 1. The standard InChI is InChI=1S/C16H16Cl2N2O2/c1-10(2)22-14-9-4-3-8-13(14)19-16(21)20-15-11(17)6-5-7-12(15)18/h3-10H,1-2H3,(H2,19,20,21). The molecule has 0 aliphatic carbocycles. The molecule has 2 aromatic rings. The molecule has 0 bridgehead atoms. The number of nitrogens with one attached hydrogen (secondary N) is 2. The monoisotopic (exact) mass is 338 g/mol. The molecule has 0 spiro atoms. The molecule has 2 amide bonds. The van der Waals surface area contributed by atoms with Gasteiger partial charge in [0.05, 0.1) is 27.5 Å². The van der Waals surface area contributed by atoms with Crippen LogP contribution in [0.1, 0.15) is 13.8 Å². The summed E-state index contributed by atoms with van der Waals surface area (Å²) < 4.78 is 5.65. The molecule has 6 heteroatoms. The SMILES string of the molecule is CC(C)Oc1ccccc1NC(=O)Nc1c(Cl)cccc1Cl. The van der Waals surface area contributed by atoms with Gasteiger partial charge in [-0.3, -0.25) is 0 Å². The molecule has 2 N–H and O–H groups in total. The van der Waals surface area contributed by atoms with Gasteiger partial charge in [-0.1, -0.05) is 41.4 Å². The van der Waals surface area contributed by atoms with Crippen LogP contribution in [-0.4, -0.2) is 12.1 Å². The van der Waals surface area contributed by atoms with Crippen LogP contribution >= 0.6 is 23.2 Å². The maximum atomic E-state index is 12.1. The minimum absolute atomic E-state index is 0.00373. The Morgan fingerprint density at radius 2 is 1.64 bits per heavy atom. The number of hydrogen-bond donors (Lipinski definition) is 2. The summed E-state index contributed by atoms with van der Waals surface area (Å²) in [4.78, 5) is 12.1. The first-order valence-electron chi connectivity index (χ1n) is 6.75. The summed E-state index contributed by atoms with van der Waals surface area (Å²) in [5.74, 6) is 0.595. The van der Waals surface area contributed by atoms with Crippen LogP contribution in [0.4, 0.5) is 16.2 Å². The van der Waals surface area contributed by atoms with E-state index < -0.39 is 6.03 Å². The third kappa shape index (κ3) is 4.29. The molecule has 0 heterocycles. The van der Waals surface area contributed by atoms with Gasteiger partial charge in [0.2, 0.25) is 0 Å². The molecule has 2 rings (SSSR count). The Morgan fingerprint density at radius 1 is 1.00 bits per heavy atom. The maximum Gasteiger partial charge on any atom is 0.323 e. The average Bonchev–Trinajstić information content (AvgIpc) is 2.45. The smallest absolute Gasteiger partial charge is 0.323 e. The molecule has 0 radical (unpaired) electrons. The topological polar surface area (TPSA) is 50.4 Å². The van der Waals surface area contributed by atoms with Crippen molar-refractivity contribution >= 4 is 40.6 Å². The number of benzene rings is 2. The highest BCUT2D eigenvalue weighted by molar-refractivity contribution is 6.39. The van der Waals surface area contributed by atoms with Crippen LogP contribution in [0.2, 0.25) is 10.0 Å². The minimum Gasteiger partial charge on any atom is -0.489 e. The number of para-hydroxylation sites is 3. The van der Waals surface area contributed by atoms with Crippen molar-refractivity contribution in [3.05, 3.63) is 52.5 Å². The molecule has 0 fully saturated rings. The highest BCUT2D eigenvalue weighted by atomic mass is 35.5. The molecule has 4 nitrogen and oxygen atoms in total. The Labute approximate surface area is 139 Å². The van der Waals surface area contributed by atoms with Gasteiger partial charge in [-0.2, -0.15) is 0 Å². The Balaban J connectivity index is 2.13. The molecular formula is C16H16Cl2N2O2. The first kappa shape index (κ1) is 16.5. The summed E-state index contributed by atoms with van der Waals surface area (Å²) in [6, 6.07) is 11.8. The van der Waals surface area contributed by atoms with E-state index >= 15 is 0 Å². The average molecular weight is 339 g/mol. The fraction of sp³-hybridized carbons (Fsp3) is 0.188. The molecule has 0 aliphatic rings. The van der Waals surface area contributed by atoms with Crippen molar-refractivity contribution in [3.63, 3.8) is 0 Å². The lowest BCUT2D eigenvalue weighted by Crippen LogP contribution is -2.20. The summed E-state index contributed by atoms with van der Waals surface area (Å²) >= 11 is 12.1.